The lowest BCUT2D eigenvalue weighted by Crippen LogP contribution is -2.05. The molecule has 0 spiro atoms. The maximum absolute atomic E-state index is 12.4. The van der Waals surface area contributed by atoms with Gasteiger partial charge < -0.3 is 5.53 Å². The van der Waals surface area contributed by atoms with E-state index in [9.17, 15) is 5.53 Å². The zero-order valence-corrected chi connectivity index (χ0v) is 33.5. The quantitative estimate of drug-likeness (QED) is 0.0664. The lowest BCUT2D eigenvalue weighted by Gasteiger charge is -2.14. The summed E-state index contributed by atoms with van der Waals surface area (Å²) in [7, 11) is 0. The van der Waals surface area contributed by atoms with Crippen molar-refractivity contribution in [3.8, 4) is 0 Å². The van der Waals surface area contributed by atoms with Crippen molar-refractivity contribution < 1.29 is 4.70 Å². The molecule has 0 saturated carbocycles. The maximum Gasteiger partial charge on any atom is 0.215 e. The van der Waals surface area contributed by atoms with Crippen LogP contribution in [0.4, 0.5) is 0 Å². The first-order valence-corrected chi connectivity index (χ1v) is 21.4. The summed E-state index contributed by atoms with van der Waals surface area (Å²) in [6.45, 7) is 13.7. The minimum Gasteiger partial charge on any atom is -0.493 e. The zero-order valence-electron chi connectivity index (χ0n) is 33.5. The van der Waals surface area contributed by atoms with Gasteiger partial charge in [0, 0.05) is 16.7 Å². The molecule has 3 rings (SSSR count). The van der Waals surface area contributed by atoms with Crippen molar-refractivity contribution in [3.63, 3.8) is 0 Å². The molecule has 0 fully saturated rings. The molecule has 1 aliphatic heterocycles. The molecule has 0 aliphatic carbocycles. The molecular formula is C48H74N2. The zero-order chi connectivity index (χ0) is 36.0. The standard InChI is InChI=1S/C48H74N2/c1-7-13-18-19-20-21-22-23-24-25-26-27-32-46-45(12-6)47(43-35-39(28-14-8-2)33-40(36-43)29-15-9-3)50(49)48(46)44-37-41(30-16-10-4)34-42(38-44)31-17-11-5/h27,32-38H,7-26,28-31H2,1-6H3. The number of hydrogen-bond donors (Lipinski definition) is 0. The van der Waals surface area contributed by atoms with Gasteiger partial charge >= 0.3 is 0 Å². The Hall–Kier alpha value is -2.74. The molecule has 0 saturated heterocycles. The first-order valence-electron chi connectivity index (χ1n) is 21.4. The van der Waals surface area contributed by atoms with Gasteiger partial charge in [-0.15, -0.1) is 0 Å². The van der Waals surface area contributed by atoms with Crippen LogP contribution in [0.15, 0.2) is 59.7 Å². The average Bonchev–Trinajstić information content (AvgIpc) is 3.42. The Balaban J connectivity index is 1.98. The lowest BCUT2D eigenvalue weighted by molar-refractivity contribution is -0.345. The highest BCUT2D eigenvalue weighted by molar-refractivity contribution is 5.84. The van der Waals surface area contributed by atoms with Gasteiger partial charge in [0.2, 0.25) is 11.4 Å². The van der Waals surface area contributed by atoms with E-state index in [4.69, 9.17) is 0 Å². The van der Waals surface area contributed by atoms with E-state index in [1.807, 2.05) is 0 Å². The maximum atomic E-state index is 12.4. The van der Waals surface area contributed by atoms with E-state index in [0.717, 1.165) is 49.9 Å². The fraction of sp³-hybridized carbons (Fsp3) is 0.625. The molecule has 0 aromatic heterocycles. The van der Waals surface area contributed by atoms with Crippen molar-refractivity contribution in [2.24, 2.45) is 0 Å². The van der Waals surface area contributed by atoms with Gasteiger partial charge in [0.1, 0.15) is 0 Å². The Morgan fingerprint density at radius 3 is 1.24 bits per heavy atom. The molecule has 50 heavy (non-hydrogen) atoms. The van der Waals surface area contributed by atoms with E-state index in [2.05, 4.69) is 90.1 Å². The molecule has 1 heterocycles. The van der Waals surface area contributed by atoms with E-state index in [-0.39, 0.29) is 0 Å². The summed E-state index contributed by atoms with van der Waals surface area (Å²) in [4.78, 5) is 0. The largest absolute Gasteiger partial charge is 0.493 e. The van der Waals surface area contributed by atoms with E-state index in [1.54, 1.807) is 4.70 Å². The SMILES string of the molecule is CCCCCCCCCCCCC=CC1=C(c2cc(CCCC)cc(CCCC)c2)[N+](=[N-])C(c2cc(CCCC)cc(CCCC)c2)=C1CC. The van der Waals surface area contributed by atoms with Gasteiger partial charge in [-0.05, 0) is 117 Å². The van der Waals surface area contributed by atoms with Gasteiger partial charge in [0.05, 0.1) is 5.57 Å². The van der Waals surface area contributed by atoms with Crippen LogP contribution in [0.3, 0.4) is 0 Å². The van der Waals surface area contributed by atoms with Crippen LogP contribution in [0.5, 0.6) is 0 Å². The third-order valence-corrected chi connectivity index (χ3v) is 10.6. The van der Waals surface area contributed by atoms with Crippen molar-refractivity contribution in [1.82, 2.24) is 0 Å². The summed E-state index contributed by atoms with van der Waals surface area (Å²) in [5.41, 5.74) is 24.8. The van der Waals surface area contributed by atoms with E-state index < -0.39 is 0 Å². The van der Waals surface area contributed by atoms with Crippen LogP contribution >= 0.6 is 0 Å². The highest BCUT2D eigenvalue weighted by atomic mass is 15.2. The third-order valence-electron chi connectivity index (χ3n) is 10.6. The summed E-state index contributed by atoms with van der Waals surface area (Å²) in [6.07, 6.45) is 34.3. The Kier molecular flexibility index (Phi) is 20.4. The fourth-order valence-corrected chi connectivity index (χ4v) is 7.59. The molecule has 0 radical (unpaired) electrons. The summed E-state index contributed by atoms with van der Waals surface area (Å²) >= 11 is 0. The smallest absolute Gasteiger partial charge is 0.215 e. The second-order valence-electron chi connectivity index (χ2n) is 15.1. The number of rotatable bonds is 27. The lowest BCUT2D eigenvalue weighted by atomic mass is 9.93. The normalized spacial score (nSPS) is 13.5. The van der Waals surface area contributed by atoms with E-state index in [0.29, 0.717) is 0 Å². The van der Waals surface area contributed by atoms with Crippen LogP contribution in [0.1, 0.15) is 203 Å². The van der Waals surface area contributed by atoms with Crippen LogP contribution in [0.2, 0.25) is 0 Å². The fourth-order valence-electron chi connectivity index (χ4n) is 7.59. The monoisotopic (exact) mass is 679 g/mol. The van der Waals surface area contributed by atoms with Crippen molar-refractivity contribution in [1.29, 1.82) is 0 Å². The second kappa shape index (κ2) is 24.4. The Bertz CT molecular complexity index is 1330. The van der Waals surface area contributed by atoms with Crippen LogP contribution < -0.4 is 0 Å². The molecule has 2 heteroatoms. The van der Waals surface area contributed by atoms with Crippen LogP contribution in [0, 0.1) is 0 Å². The molecular weight excluding hydrogens is 605 g/mol. The summed E-state index contributed by atoms with van der Waals surface area (Å²) < 4.78 is 1.59. The number of aryl methyl sites for hydroxylation is 4. The number of nitrogens with zero attached hydrogens (tertiary/aromatic N) is 2. The number of unbranched alkanes of at least 4 members (excludes halogenated alkanes) is 14. The molecule has 0 amide bonds. The van der Waals surface area contributed by atoms with Crippen LogP contribution in [0.25, 0.3) is 16.9 Å². The van der Waals surface area contributed by atoms with Crippen LogP contribution in [-0.2, 0) is 25.7 Å². The molecule has 276 valence electrons. The van der Waals surface area contributed by atoms with E-state index in [1.165, 1.54) is 160 Å². The number of hydrogen-bond acceptors (Lipinski definition) is 0. The first-order chi connectivity index (χ1) is 24.5. The minimum atomic E-state index is 0.884. The molecule has 0 atom stereocenters. The second-order valence-corrected chi connectivity index (χ2v) is 15.1. The predicted molar refractivity (Wildman–Crippen MR) is 221 cm³/mol. The van der Waals surface area contributed by atoms with Gasteiger partial charge in [0.15, 0.2) is 0 Å². The van der Waals surface area contributed by atoms with Gasteiger partial charge in [-0.1, -0.05) is 149 Å². The van der Waals surface area contributed by atoms with Gasteiger partial charge in [-0.25, -0.2) is 4.70 Å². The van der Waals surface area contributed by atoms with Crippen molar-refractivity contribution >= 4 is 11.4 Å². The molecule has 0 N–H and O–H groups in total. The summed E-state index contributed by atoms with van der Waals surface area (Å²) in [6, 6.07) is 14.4. The minimum absolute atomic E-state index is 0.884. The highest BCUT2D eigenvalue weighted by Crippen LogP contribution is 2.43. The third kappa shape index (κ3) is 13.4. The Morgan fingerprint density at radius 2 is 0.840 bits per heavy atom. The summed E-state index contributed by atoms with van der Waals surface area (Å²) in [5.74, 6) is 0. The predicted octanol–water partition coefficient (Wildman–Crippen LogP) is 15.5. The summed E-state index contributed by atoms with van der Waals surface area (Å²) in [5, 5.41) is 0. The molecule has 0 unspecified atom stereocenters. The molecule has 0 bridgehead atoms. The van der Waals surface area contributed by atoms with E-state index >= 15 is 0 Å². The van der Waals surface area contributed by atoms with Gasteiger partial charge in [-0.3, -0.25) is 0 Å². The molecule has 2 nitrogen and oxygen atoms in total. The van der Waals surface area contributed by atoms with Gasteiger partial charge in [0.25, 0.3) is 0 Å². The molecule has 1 aliphatic rings. The average molecular weight is 679 g/mol. The first kappa shape index (κ1) is 41.7. The van der Waals surface area contributed by atoms with Crippen molar-refractivity contribution in [2.75, 3.05) is 0 Å². The Labute approximate surface area is 309 Å². The van der Waals surface area contributed by atoms with Crippen molar-refractivity contribution in [3.05, 3.63) is 98.6 Å². The van der Waals surface area contributed by atoms with Crippen LogP contribution in [-0.4, -0.2) is 4.70 Å². The highest BCUT2D eigenvalue weighted by Gasteiger charge is 2.34. The molecule has 2 aromatic carbocycles. The number of allylic oxidation sites excluding steroid dienone is 4. The van der Waals surface area contributed by atoms with Gasteiger partial charge in [-0.2, -0.15) is 0 Å². The Morgan fingerprint density at radius 1 is 0.460 bits per heavy atom. The number of benzene rings is 2. The topological polar surface area (TPSA) is 25.3 Å². The van der Waals surface area contributed by atoms with Crippen molar-refractivity contribution in [2.45, 2.75) is 196 Å². The molecule has 2 aromatic rings.